The minimum Gasteiger partial charge on any atom is -0.378 e. The van der Waals surface area contributed by atoms with Crippen molar-refractivity contribution in [2.45, 2.75) is 30.4 Å². The zero-order chi connectivity index (χ0) is 29.5. The highest BCUT2D eigenvalue weighted by atomic mass is 32.2. The van der Waals surface area contributed by atoms with Crippen molar-refractivity contribution in [3.8, 4) is 5.69 Å². The molecule has 0 fully saturated rings. The average molecular weight is 599 g/mol. The van der Waals surface area contributed by atoms with E-state index in [9.17, 15) is 13.2 Å². The number of nitrogens with zero attached hydrogens (tertiary/aromatic N) is 3. The quantitative estimate of drug-likeness (QED) is 0.159. The van der Waals surface area contributed by atoms with Crippen LogP contribution in [0.4, 0.5) is 17.1 Å². The first-order valence-electron chi connectivity index (χ1n) is 13.2. The third-order valence-electron chi connectivity index (χ3n) is 6.30. The van der Waals surface area contributed by atoms with Crippen LogP contribution in [0.25, 0.3) is 5.69 Å². The molecule has 4 aromatic carbocycles. The highest BCUT2D eigenvalue weighted by molar-refractivity contribution is 7.99. The lowest BCUT2D eigenvalue weighted by atomic mass is 10.2. The normalized spacial score (nSPS) is 11.2. The molecule has 1 aromatic heterocycles. The second-order valence-electron chi connectivity index (χ2n) is 9.62. The van der Waals surface area contributed by atoms with Gasteiger partial charge in [-0.15, -0.1) is 10.2 Å². The standard InChI is InChI=1S/C31H30N6O3S2/c1-22-8-12-24(13-9-22)32-20-29-34-35-31(37(29)27-6-4-3-5-7-27)41-21-30(38)33-25-16-18-28(19-17-25)42(39,40)36-26-14-10-23(2)11-15-26/h3-19,32,36H,20-21H2,1-2H3,(H,33,38). The second-order valence-corrected chi connectivity index (χ2v) is 12.2. The van der Waals surface area contributed by atoms with Crippen LogP contribution in [0.3, 0.4) is 0 Å². The smallest absolute Gasteiger partial charge is 0.261 e. The molecule has 0 spiro atoms. The highest BCUT2D eigenvalue weighted by Crippen LogP contribution is 2.24. The van der Waals surface area contributed by atoms with Crippen molar-refractivity contribution in [3.63, 3.8) is 0 Å². The molecule has 1 amide bonds. The largest absolute Gasteiger partial charge is 0.378 e. The number of rotatable bonds is 11. The SMILES string of the molecule is Cc1ccc(NCc2nnc(SCC(=O)Nc3ccc(S(=O)(=O)Nc4ccc(C)cc4)cc3)n2-c2ccccc2)cc1. The van der Waals surface area contributed by atoms with E-state index in [4.69, 9.17) is 0 Å². The first kappa shape index (κ1) is 28.9. The number of carbonyl (C=O) groups is 1. The number of carbonyl (C=O) groups excluding carboxylic acids is 1. The van der Waals surface area contributed by atoms with Gasteiger partial charge in [0.1, 0.15) is 0 Å². The first-order chi connectivity index (χ1) is 20.3. The zero-order valence-electron chi connectivity index (χ0n) is 23.1. The monoisotopic (exact) mass is 598 g/mol. The summed E-state index contributed by atoms with van der Waals surface area (Å²) in [7, 11) is -3.76. The molecule has 0 aliphatic rings. The van der Waals surface area contributed by atoms with Gasteiger partial charge in [-0.25, -0.2) is 8.42 Å². The van der Waals surface area contributed by atoms with Crippen molar-refractivity contribution >= 4 is 44.8 Å². The number of aromatic nitrogens is 3. The predicted molar refractivity (Wildman–Crippen MR) is 168 cm³/mol. The third kappa shape index (κ3) is 7.36. The van der Waals surface area contributed by atoms with Gasteiger partial charge >= 0.3 is 0 Å². The predicted octanol–water partition coefficient (Wildman–Crippen LogP) is 6.03. The van der Waals surface area contributed by atoms with E-state index in [2.05, 4.69) is 25.6 Å². The Morgan fingerprint density at radius 2 is 1.36 bits per heavy atom. The molecule has 0 saturated carbocycles. The molecule has 9 nitrogen and oxygen atoms in total. The molecule has 0 bridgehead atoms. The molecule has 214 valence electrons. The van der Waals surface area contributed by atoms with Crippen LogP contribution in [-0.2, 0) is 21.4 Å². The van der Waals surface area contributed by atoms with Gasteiger partial charge in [-0.2, -0.15) is 0 Å². The van der Waals surface area contributed by atoms with Gasteiger partial charge in [0.05, 0.1) is 17.2 Å². The van der Waals surface area contributed by atoms with Crippen LogP contribution in [0.5, 0.6) is 0 Å². The van der Waals surface area contributed by atoms with E-state index in [-0.39, 0.29) is 16.6 Å². The molecule has 0 saturated heterocycles. The Balaban J connectivity index is 1.22. The van der Waals surface area contributed by atoms with Crippen LogP contribution in [0.1, 0.15) is 17.0 Å². The minimum absolute atomic E-state index is 0.0887. The number of hydrogen-bond donors (Lipinski definition) is 3. The van der Waals surface area contributed by atoms with Crippen LogP contribution in [0, 0.1) is 13.8 Å². The molecule has 3 N–H and O–H groups in total. The summed E-state index contributed by atoms with van der Waals surface area (Å²) < 4.78 is 30.0. The summed E-state index contributed by atoms with van der Waals surface area (Å²) in [6.45, 7) is 4.42. The summed E-state index contributed by atoms with van der Waals surface area (Å²) >= 11 is 1.27. The van der Waals surface area contributed by atoms with Crippen LogP contribution >= 0.6 is 11.8 Å². The lowest BCUT2D eigenvalue weighted by molar-refractivity contribution is -0.113. The van der Waals surface area contributed by atoms with Gasteiger partial charge < -0.3 is 10.6 Å². The van der Waals surface area contributed by atoms with E-state index in [1.54, 1.807) is 24.3 Å². The van der Waals surface area contributed by atoms with Gasteiger partial charge in [0, 0.05) is 22.7 Å². The molecule has 1 heterocycles. The fourth-order valence-electron chi connectivity index (χ4n) is 4.08. The number of hydrogen-bond acceptors (Lipinski definition) is 7. The van der Waals surface area contributed by atoms with Gasteiger partial charge in [-0.1, -0.05) is 65.4 Å². The second kappa shape index (κ2) is 12.9. The van der Waals surface area contributed by atoms with Gasteiger partial charge in [0.2, 0.25) is 5.91 Å². The van der Waals surface area contributed by atoms with Crippen LogP contribution in [0.15, 0.2) is 113 Å². The molecule has 0 radical (unpaired) electrons. The van der Waals surface area contributed by atoms with Gasteiger partial charge in [-0.3, -0.25) is 14.1 Å². The number of sulfonamides is 1. The number of anilines is 3. The summed E-state index contributed by atoms with van der Waals surface area (Å²) in [4.78, 5) is 12.9. The molecule has 5 rings (SSSR count). The van der Waals surface area contributed by atoms with Crippen molar-refractivity contribution in [1.29, 1.82) is 0 Å². The molecule has 5 aromatic rings. The lowest BCUT2D eigenvalue weighted by Gasteiger charge is -2.12. The summed E-state index contributed by atoms with van der Waals surface area (Å²) in [5.74, 6) is 0.543. The molecule has 0 atom stereocenters. The maximum absolute atomic E-state index is 12.8. The van der Waals surface area contributed by atoms with E-state index in [0.29, 0.717) is 28.9 Å². The molecular formula is C31H30N6O3S2. The Hall–Kier alpha value is -4.61. The Bertz CT molecular complexity index is 1750. The third-order valence-corrected chi connectivity index (χ3v) is 8.63. The van der Waals surface area contributed by atoms with Gasteiger partial charge in [0.15, 0.2) is 11.0 Å². The molecule has 11 heteroatoms. The first-order valence-corrected chi connectivity index (χ1v) is 15.7. The van der Waals surface area contributed by atoms with E-state index < -0.39 is 10.0 Å². The summed E-state index contributed by atoms with van der Waals surface area (Å²) in [6, 6.07) is 31.0. The van der Waals surface area contributed by atoms with Gasteiger partial charge in [-0.05, 0) is 74.5 Å². The lowest BCUT2D eigenvalue weighted by Crippen LogP contribution is -2.16. The van der Waals surface area contributed by atoms with Crippen molar-refractivity contribution < 1.29 is 13.2 Å². The van der Waals surface area contributed by atoms with E-state index in [0.717, 1.165) is 16.9 Å². The molecule has 0 unspecified atom stereocenters. The minimum atomic E-state index is -3.76. The number of amides is 1. The van der Waals surface area contributed by atoms with E-state index in [1.807, 2.05) is 85.1 Å². The average Bonchev–Trinajstić information content (AvgIpc) is 3.40. The van der Waals surface area contributed by atoms with Crippen molar-refractivity contribution in [1.82, 2.24) is 14.8 Å². The summed E-state index contributed by atoms with van der Waals surface area (Å²) in [6.07, 6.45) is 0. The fraction of sp³-hybridized carbons (Fsp3) is 0.129. The number of para-hydroxylation sites is 1. The van der Waals surface area contributed by atoms with Crippen LogP contribution in [-0.4, -0.2) is 34.8 Å². The Morgan fingerprint density at radius 1 is 0.762 bits per heavy atom. The Kier molecular flexibility index (Phi) is 8.89. The maximum Gasteiger partial charge on any atom is 0.261 e. The van der Waals surface area contributed by atoms with Crippen LogP contribution in [0.2, 0.25) is 0 Å². The summed E-state index contributed by atoms with van der Waals surface area (Å²) in [5, 5.41) is 15.5. The molecule has 0 aliphatic heterocycles. The fourth-order valence-corrected chi connectivity index (χ4v) is 5.91. The van der Waals surface area contributed by atoms with Crippen LogP contribution < -0.4 is 15.4 Å². The van der Waals surface area contributed by atoms with E-state index >= 15 is 0 Å². The maximum atomic E-state index is 12.8. The van der Waals surface area contributed by atoms with E-state index in [1.165, 1.54) is 29.5 Å². The Morgan fingerprint density at radius 3 is 2.00 bits per heavy atom. The number of nitrogens with one attached hydrogen (secondary N) is 3. The number of thioether (sulfide) groups is 1. The molecule has 42 heavy (non-hydrogen) atoms. The molecule has 0 aliphatic carbocycles. The molecular weight excluding hydrogens is 569 g/mol. The van der Waals surface area contributed by atoms with Gasteiger partial charge in [0.25, 0.3) is 10.0 Å². The Labute approximate surface area is 249 Å². The van der Waals surface area contributed by atoms with Crippen molar-refractivity contribution in [2.75, 3.05) is 21.1 Å². The van der Waals surface area contributed by atoms with Crippen molar-refractivity contribution in [3.05, 3.63) is 120 Å². The number of benzene rings is 4. The number of aryl methyl sites for hydroxylation is 2. The zero-order valence-corrected chi connectivity index (χ0v) is 24.7. The van der Waals surface area contributed by atoms with Crippen molar-refractivity contribution in [2.24, 2.45) is 0 Å². The summed E-state index contributed by atoms with van der Waals surface area (Å²) in [5.41, 5.74) is 5.05. The topological polar surface area (TPSA) is 118 Å². The highest BCUT2D eigenvalue weighted by Gasteiger charge is 2.17.